The summed E-state index contributed by atoms with van der Waals surface area (Å²) in [6.45, 7) is 0. The highest BCUT2D eigenvalue weighted by molar-refractivity contribution is 7.99. The van der Waals surface area contributed by atoms with Crippen molar-refractivity contribution in [2.45, 2.75) is 56.2 Å². The first-order valence-electron chi connectivity index (χ1n) is 7.09. The molecule has 1 saturated carbocycles. The molecule has 1 aromatic rings. The lowest BCUT2D eigenvalue weighted by Crippen LogP contribution is -2.25. The fourth-order valence-electron chi connectivity index (χ4n) is 2.53. The van der Waals surface area contributed by atoms with Gasteiger partial charge in [0, 0.05) is 42.9 Å². The van der Waals surface area contributed by atoms with E-state index in [1.165, 1.54) is 32.1 Å². The molecule has 2 N–H and O–H groups in total. The van der Waals surface area contributed by atoms with E-state index in [9.17, 15) is 0 Å². The molecule has 102 valence electrons. The summed E-state index contributed by atoms with van der Waals surface area (Å²) in [6, 6.07) is 0.314. The van der Waals surface area contributed by atoms with Gasteiger partial charge in [-0.15, -0.1) is 0 Å². The standard InChI is InChI=1S/C14H25N3S/c1-17-10-9-16-14(17)8-7-12(15)11-18-13-5-3-2-4-6-13/h9-10,12-13H,2-8,11,15H2,1H3. The Morgan fingerprint density at radius 2 is 2.22 bits per heavy atom. The van der Waals surface area contributed by atoms with Crippen LogP contribution >= 0.6 is 11.8 Å². The lowest BCUT2D eigenvalue weighted by molar-refractivity contribution is 0.515. The lowest BCUT2D eigenvalue weighted by atomic mass is 10.0. The summed E-state index contributed by atoms with van der Waals surface area (Å²) in [6.07, 6.45) is 13.0. The number of aromatic nitrogens is 2. The zero-order valence-electron chi connectivity index (χ0n) is 11.3. The summed E-state index contributed by atoms with van der Waals surface area (Å²) in [5.41, 5.74) is 6.20. The van der Waals surface area contributed by atoms with E-state index in [0.717, 1.165) is 29.7 Å². The van der Waals surface area contributed by atoms with Crippen molar-refractivity contribution in [2.24, 2.45) is 12.8 Å². The maximum atomic E-state index is 6.20. The van der Waals surface area contributed by atoms with E-state index in [1.807, 2.05) is 19.4 Å². The van der Waals surface area contributed by atoms with Gasteiger partial charge in [-0.3, -0.25) is 0 Å². The highest BCUT2D eigenvalue weighted by Crippen LogP contribution is 2.28. The molecule has 1 aliphatic rings. The Balaban J connectivity index is 1.62. The van der Waals surface area contributed by atoms with E-state index >= 15 is 0 Å². The zero-order valence-corrected chi connectivity index (χ0v) is 12.2. The van der Waals surface area contributed by atoms with Gasteiger partial charge in [-0.2, -0.15) is 11.8 Å². The minimum atomic E-state index is 0.314. The Labute approximate surface area is 115 Å². The van der Waals surface area contributed by atoms with E-state index < -0.39 is 0 Å². The van der Waals surface area contributed by atoms with Gasteiger partial charge in [-0.05, 0) is 19.3 Å². The smallest absolute Gasteiger partial charge is 0.108 e. The van der Waals surface area contributed by atoms with Gasteiger partial charge < -0.3 is 10.3 Å². The van der Waals surface area contributed by atoms with Gasteiger partial charge in [-0.25, -0.2) is 4.98 Å². The lowest BCUT2D eigenvalue weighted by Gasteiger charge is -2.22. The third-order valence-electron chi connectivity index (χ3n) is 3.76. The first-order valence-corrected chi connectivity index (χ1v) is 8.14. The molecule has 1 fully saturated rings. The van der Waals surface area contributed by atoms with Crippen molar-refractivity contribution in [2.75, 3.05) is 5.75 Å². The van der Waals surface area contributed by atoms with E-state index in [2.05, 4.69) is 21.3 Å². The SMILES string of the molecule is Cn1ccnc1CCC(N)CSC1CCCCC1. The van der Waals surface area contributed by atoms with Crippen LogP contribution < -0.4 is 5.73 Å². The van der Waals surface area contributed by atoms with Crippen molar-refractivity contribution in [3.8, 4) is 0 Å². The predicted molar refractivity (Wildman–Crippen MR) is 78.8 cm³/mol. The molecule has 4 heteroatoms. The topological polar surface area (TPSA) is 43.8 Å². The highest BCUT2D eigenvalue weighted by atomic mass is 32.2. The normalized spacial score (nSPS) is 19.0. The summed E-state index contributed by atoms with van der Waals surface area (Å²) in [5.74, 6) is 2.25. The van der Waals surface area contributed by atoms with Gasteiger partial charge in [-0.1, -0.05) is 19.3 Å². The van der Waals surface area contributed by atoms with Crippen molar-refractivity contribution >= 4 is 11.8 Å². The van der Waals surface area contributed by atoms with Gasteiger partial charge >= 0.3 is 0 Å². The summed E-state index contributed by atoms with van der Waals surface area (Å²) in [7, 11) is 2.05. The van der Waals surface area contributed by atoms with Crippen LogP contribution in [-0.2, 0) is 13.5 Å². The number of thioether (sulfide) groups is 1. The second kappa shape index (κ2) is 7.19. The molecule has 0 bridgehead atoms. The van der Waals surface area contributed by atoms with Gasteiger partial charge in [0.25, 0.3) is 0 Å². The maximum Gasteiger partial charge on any atom is 0.108 e. The van der Waals surface area contributed by atoms with Crippen LogP contribution in [0.15, 0.2) is 12.4 Å². The molecule has 0 amide bonds. The van der Waals surface area contributed by atoms with Crippen LogP contribution in [0.25, 0.3) is 0 Å². The van der Waals surface area contributed by atoms with Crippen LogP contribution in [0, 0.1) is 0 Å². The number of hydrogen-bond donors (Lipinski definition) is 1. The van der Waals surface area contributed by atoms with Gasteiger partial charge in [0.1, 0.15) is 5.82 Å². The number of imidazole rings is 1. The summed E-state index contributed by atoms with van der Waals surface area (Å²) in [4.78, 5) is 4.34. The molecule has 1 atom stereocenters. The molecule has 0 radical (unpaired) electrons. The first kappa shape index (κ1) is 13.9. The van der Waals surface area contributed by atoms with Crippen molar-refractivity contribution < 1.29 is 0 Å². The van der Waals surface area contributed by atoms with Crippen LogP contribution in [-0.4, -0.2) is 26.6 Å². The number of rotatable bonds is 6. The molecule has 1 aliphatic carbocycles. The molecule has 0 aromatic carbocycles. The molecule has 3 nitrogen and oxygen atoms in total. The van der Waals surface area contributed by atoms with Crippen LogP contribution in [0.4, 0.5) is 0 Å². The average Bonchev–Trinajstić information content (AvgIpc) is 2.81. The molecule has 0 spiro atoms. The molecular formula is C14H25N3S. The number of nitrogens with zero attached hydrogens (tertiary/aromatic N) is 2. The van der Waals surface area contributed by atoms with Crippen molar-refractivity contribution in [3.05, 3.63) is 18.2 Å². The number of aryl methyl sites for hydroxylation is 2. The van der Waals surface area contributed by atoms with Crippen LogP contribution in [0.2, 0.25) is 0 Å². The Morgan fingerprint density at radius 3 is 2.89 bits per heavy atom. The van der Waals surface area contributed by atoms with E-state index in [4.69, 9.17) is 5.73 Å². The number of hydrogen-bond acceptors (Lipinski definition) is 3. The Kier molecular flexibility index (Phi) is 5.57. The largest absolute Gasteiger partial charge is 0.338 e. The molecule has 2 rings (SSSR count). The second-order valence-electron chi connectivity index (χ2n) is 5.35. The average molecular weight is 267 g/mol. The van der Waals surface area contributed by atoms with E-state index in [1.54, 1.807) is 0 Å². The summed E-state index contributed by atoms with van der Waals surface area (Å²) < 4.78 is 2.08. The fraction of sp³-hybridized carbons (Fsp3) is 0.786. The molecule has 1 heterocycles. The zero-order chi connectivity index (χ0) is 12.8. The number of nitrogens with two attached hydrogens (primary N) is 1. The Morgan fingerprint density at radius 1 is 1.44 bits per heavy atom. The first-order chi connectivity index (χ1) is 8.75. The molecular weight excluding hydrogens is 242 g/mol. The quantitative estimate of drug-likeness (QED) is 0.862. The predicted octanol–water partition coefficient (Wildman–Crippen LogP) is 2.75. The third kappa shape index (κ3) is 4.32. The maximum absolute atomic E-state index is 6.20. The van der Waals surface area contributed by atoms with Gasteiger partial charge in [0.05, 0.1) is 0 Å². The third-order valence-corrected chi connectivity index (χ3v) is 5.32. The minimum absolute atomic E-state index is 0.314. The van der Waals surface area contributed by atoms with Crippen LogP contribution in [0.3, 0.4) is 0 Å². The van der Waals surface area contributed by atoms with Crippen molar-refractivity contribution in [1.82, 2.24) is 9.55 Å². The molecule has 18 heavy (non-hydrogen) atoms. The summed E-state index contributed by atoms with van der Waals surface area (Å²) >= 11 is 2.09. The highest BCUT2D eigenvalue weighted by Gasteiger charge is 2.15. The Hall–Kier alpha value is -0.480. The van der Waals surface area contributed by atoms with Crippen LogP contribution in [0.1, 0.15) is 44.3 Å². The monoisotopic (exact) mass is 267 g/mol. The molecule has 1 unspecified atom stereocenters. The van der Waals surface area contributed by atoms with Crippen LogP contribution in [0.5, 0.6) is 0 Å². The van der Waals surface area contributed by atoms with Crippen molar-refractivity contribution in [1.29, 1.82) is 0 Å². The fourth-order valence-corrected chi connectivity index (χ4v) is 3.88. The molecule has 0 aliphatic heterocycles. The summed E-state index contributed by atoms with van der Waals surface area (Å²) in [5, 5.41) is 0.873. The molecule has 1 aromatic heterocycles. The van der Waals surface area contributed by atoms with Gasteiger partial charge in [0.15, 0.2) is 0 Å². The van der Waals surface area contributed by atoms with Crippen molar-refractivity contribution in [3.63, 3.8) is 0 Å². The van der Waals surface area contributed by atoms with Gasteiger partial charge in [0.2, 0.25) is 0 Å². The van der Waals surface area contributed by atoms with E-state index in [0.29, 0.717) is 6.04 Å². The Bertz CT molecular complexity index is 345. The second-order valence-corrected chi connectivity index (χ2v) is 6.68. The minimum Gasteiger partial charge on any atom is -0.338 e. The molecule has 0 saturated heterocycles. The van der Waals surface area contributed by atoms with E-state index in [-0.39, 0.29) is 0 Å².